The molecule has 0 aliphatic heterocycles. The van der Waals surface area contributed by atoms with Crippen LogP contribution < -0.4 is 10.0 Å². The van der Waals surface area contributed by atoms with E-state index in [1.54, 1.807) is 0 Å². The monoisotopic (exact) mass is 358 g/mol. The zero-order chi connectivity index (χ0) is 17.9. The van der Waals surface area contributed by atoms with E-state index in [-0.39, 0.29) is 4.90 Å². The van der Waals surface area contributed by atoms with Crippen molar-refractivity contribution in [2.24, 2.45) is 0 Å². The Bertz CT molecular complexity index is 835. The number of nitrogens with one attached hydrogen (secondary N) is 2. The summed E-state index contributed by atoms with van der Waals surface area (Å²) in [7, 11) is -4.10. The minimum Gasteiger partial charge on any atom is -0.320 e. The van der Waals surface area contributed by atoms with Gasteiger partial charge in [0.1, 0.15) is 23.1 Å². The Morgan fingerprint density at radius 3 is 2.08 bits per heavy atom. The molecule has 0 bridgehead atoms. The predicted molar refractivity (Wildman–Crippen MR) is 81.2 cm³/mol. The van der Waals surface area contributed by atoms with Crippen molar-refractivity contribution >= 4 is 21.6 Å². The van der Waals surface area contributed by atoms with Gasteiger partial charge in [0.2, 0.25) is 15.9 Å². The number of hydrogen-bond donors (Lipinski definition) is 2. The van der Waals surface area contributed by atoms with Gasteiger partial charge >= 0.3 is 0 Å². The molecule has 0 heterocycles. The van der Waals surface area contributed by atoms with Gasteiger partial charge in [-0.3, -0.25) is 4.79 Å². The number of amides is 1. The molecule has 0 fully saturated rings. The Kier molecular flexibility index (Phi) is 5.25. The first-order valence-electron chi connectivity index (χ1n) is 6.73. The molecular weight excluding hydrogens is 345 g/mol. The first-order valence-corrected chi connectivity index (χ1v) is 8.22. The van der Waals surface area contributed by atoms with Crippen LogP contribution in [0.1, 0.15) is 6.92 Å². The molecule has 9 heteroatoms. The Morgan fingerprint density at radius 1 is 1.00 bits per heavy atom. The second-order valence-electron chi connectivity index (χ2n) is 4.88. The van der Waals surface area contributed by atoms with Gasteiger partial charge in [0.05, 0.1) is 10.9 Å². The third-order valence-corrected chi connectivity index (χ3v) is 4.62. The molecular formula is C15H13F3N2O3S. The molecule has 0 aliphatic rings. The summed E-state index contributed by atoms with van der Waals surface area (Å²) < 4.78 is 66.0. The molecule has 2 N–H and O–H groups in total. The van der Waals surface area contributed by atoms with Gasteiger partial charge in [-0.1, -0.05) is 6.07 Å². The van der Waals surface area contributed by atoms with E-state index >= 15 is 0 Å². The normalized spacial score (nSPS) is 12.7. The molecule has 24 heavy (non-hydrogen) atoms. The van der Waals surface area contributed by atoms with Crippen LogP contribution >= 0.6 is 0 Å². The number of hydrogen-bond acceptors (Lipinski definition) is 3. The van der Waals surface area contributed by atoms with Crippen molar-refractivity contribution in [2.45, 2.75) is 17.9 Å². The first kappa shape index (κ1) is 18.0. The van der Waals surface area contributed by atoms with E-state index in [4.69, 9.17) is 0 Å². The van der Waals surface area contributed by atoms with Gasteiger partial charge in [0, 0.05) is 0 Å². The molecule has 2 aromatic carbocycles. The van der Waals surface area contributed by atoms with Gasteiger partial charge < -0.3 is 5.32 Å². The fraction of sp³-hybridized carbons (Fsp3) is 0.133. The lowest BCUT2D eigenvalue weighted by molar-refractivity contribution is -0.117. The fourth-order valence-electron chi connectivity index (χ4n) is 1.82. The molecule has 128 valence electrons. The molecule has 0 radical (unpaired) electrons. The maximum Gasteiger partial charge on any atom is 0.242 e. The molecule has 0 saturated heterocycles. The van der Waals surface area contributed by atoms with Crippen molar-refractivity contribution in [3.8, 4) is 0 Å². The Balaban J connectivity index is 2.12. The highest BCUT2D eigenvalue weighted by molar-refractivity contribution is 7.89. The quantitative estimate of drug-likeness (QED) is 0.862. The minimum atomic E-state index is -4.10. The molecule has 0 aromatic heterocycles. The lowest BCUT2D eigenvalue weighted by Crippen LogP contribution is -2.41. The molecule has 1 amide bonds. The maximum absolute atomic E-state index is 13.5. The van der Waals surface area contributed by atoms with Crippen molar-refractivity contribution in [3.63, 3.8) is 0 Å². The summed E-state index contributed by atoms with van der Waals surface area (Å²) in [5.74, 6) is -3.55. The zero-order valence-electron chi connectivity index (χ0n) is 12.4. The fourth-order valence-corrected chi connectivity index (χ4v) is 3.02. The van der Waals surface area contributed by atoms with E-state index in [0.29, 0.717) is 0 Å². The molecule has 0 unspecified atom stereocenters. The summed E-state index contributed by atoms with van der Waals surface area (Å²) in [4.78, 5) is 11.7. The largest absolute Gasteiger partial charge is 0.320 e. The molecule has 0 saturated carbocycles. The summed E-state index contributed by atoms with van der Waals surface area (Å²) in [6.45, 7) is 1.20. The van der Waals surface area contributed by atoms with Crippen molar-refractivity contribution in [1.29, 1.82) is 0 Å². The van der Waals surface area contributed by atoms with E-state index in [0.717, 1.165) is 42.5 Å². The Morgan fingerprint density at radius 2 is 1.54 bits per heavy atom. The van der Waals surface area contributed by atoms with Crippen LogP contribution in [-0.4, -0.2) is 20.4 Å². The van der Waals surface area contributed by atoms with Crippen LogP contribution in [0.2, 0.25) is 0 Å². The molecule has 5 nitrogen and oxygen atoms in total. The lowest BCUT2D eigenvalue weighted by Gasteiger charge is -2.15. The Hall–Kier alpha value is -2.39. The Labute approximate surface area is 136 Å². The zero-order valence-corrected chi connectivity index (χ0v) is 13.2. The highest BCUT2D eigenvalue weighted by atomic mass is 32.2. The van der Waals surface area contributed by atoms with Crippen LogP contribution in [-0.2, 0) is 14.8 Å². The van der Waals surface area contributed by atoms with Gasteiger partial charge in [-0.2, -0.15) is 4.72 Å². The molecule has 1 atom stereocenters. The summed E-state index contributed by atoms with van der Waals surface area (Å²) in [5.41, 5.74) is -0.671. The molecule has 0 spiro atoms. The number of benzene rings is 2. The number of rotatable bonds is 5. The van der Waals surface area contributed by atoms with Crippen LogP contribution in [0.5, 0.6) is 0 Å². The van der Waals surface area contributed by atoms with E-state index in [9.17, 15) is 26.4 Å². The topological polar surface area (TPSA) is 75.3 Å². The highest BCUT2D eigenvalue weighted by Crippen LogP contribution is 2.18. The highest BCUT2D eigenvalue weighted by Gasteiger charge is 2.23. The van der Waals surface area contributed by atoms with Crippen LogP contribution in [0, 0.1) is 17.5 Å². The lowest BCUT2D eigenvalue weighted by atomic mass is 10.2. The number of halogens is 3. The van der Waals surface area contributed by atoms with Crippen LogP contribution in [0.3, 0.4) is 0 Å². The number of anilines is 1. The third-order valence-electron chi connectivity index (χ3n) is 3.06. The van der Waals surface area contributed by atoms with Gasteiger partial charge in [-0.25, -0.2) is 21.6 Å². The van der Waals surface area contributed by atoms with Crippen LogP contribution in [0.25, 0.3) is 0 Å². The SMILES string of the molecule is C[C@@H](NS(=O)(=O)c1ccc(F)cc1)C(=O)Nc1c(F)cccc1F. The third kappa shape index (κ3) is 4.12. The summed E-state index contributed by atoms with van der Waals surface area (Å²) in [5, 5.41) is 1.99. The van der Waals surface area contributed by atoms with Gasteiger partial charge in [-0.15, -0.1) is 0 Å². The first-order chi connectivity index (χ1) is 11.2. The molecule has 2 rings (SSSR count). The molecule has 0 aliphatic carbocycles. The van der Waals surface area contributed by atoms with E-state index in [2.05, 4.69) is 0 Å². The summed E-state index contributed by atoms with van der Waals surface area (Å²) >= 11 is 0. The van der Waals surface area contributed by atoms with Crippen molar-refractivity contribution in [3.05, 3.63) is 59.9 Å². The van der Waals surface area contributed by atoms with Crippen molar-refractivity contribution in [1.82, 2.24) is 4.72 Å². The number of carbonyl (C=O) groups is 1. The minimum absolute atomic E-state index is 0.249. The van der Waals surface area contributed by atoms with E-state index < -0.39 is 45.1 Å². The van der Waals surface area contributed by atoms with Crippen LogP contribution in [0.4, 0.5) is 18.9 Å². The van der Waals surface area contributed by atoms with Gasteiger partial charge in [0.25, 0.3) is 0 Å². The van der Waals surface area contributed by atoms with E-state index in [1.165, 1.54) is 6.92 Å². The standard InChI is InChI=1S/C15H13F3N2O3S/c1-9(15(21)19-14-12(17)3-2-4-13(14)18)20-24(22,23)11-7-5-10(16)6-8-11/h2-9,20H,1H3,(H,19,21)/t9-/m1/s1. The van der Waals surface area contributed by atoms with Gasteiger partial charge in [-0.05, 0) is 43.3 Å². The number of sulfonamides is 1. The summed E-state index contributed by atoms with van der Waals surface area (Å²) in [6, 6.07) is 5.66. The van der Waals surface area contributed by atoms with Gasteiger partial charge in [0.15, 0.2) is 0 Å². The van der Waals surface area contributed by atoms with Crippen LogP contribution in [0.15, 0.2) is 47.4 Å². The average molecular weight is 358 g/mol. The number of para-hydroxylation sites is 1. The summed E-state index contributed by atoms with van der Waals surface area (Å²) in [6.07, 6.45) is 0. The maximum atomic E-state index is 13.5. The average Bonchev–Trinajstić information content (AvgIpc) is 2.51. The predicted octanol–water partition coefficient (Wildman–Crippen LogP) is 2.41. The van der Waals surface area contributed by atoms with E-state index in [1.807, 2.05) is 10.0 Å². The number of carbonyl (C=O) groups excluding carboxylic acids is 1. The molecule has 2 aromatic rings. The second-order valence-corrected chi connectivity index (χ2v) is 6.60. The smallest absolute Gasteiger partial charge is 0.242 e. The second kappa shape index (κ2) is 7.02. The van der Waals surface area contributed by atoms with Crippen molar-refractivity contribution < 1.29 is 26.4 Å². The van der Waals surface area contributed by atoms with Crippen molar-refractivity contribution in [2.75, 3.05) is 5.32 Å².